The Labute approximate surface area is 441 Å². The van der Waals surface area contributed by atoms with E-state index in [9.17, 15) is 33.9 Å². The Kier molecular flexibility index (Phi) is 25.1. The third-order valence-corrected chi connectivity index (χ3v) is 11.3. The van der Waals surface area contributed by atoms with Crippen LogP contribution in [0.4, 0.5) is 0 Å². The number of pyridine rings is 6. The topological polar surface area (TPSA) is 306 Å². The smallest absolute Gasteiger partial charge is 0.870 e. The fraction of sp³-hybridized carbons (Fsp3) is 0.143. The molecular weight excluding hydrogens is 1030 g/mol. The van der Waals surface area contributed by atoms with Crippen LogP contribution < -0.4 is 46.0 Å². The predicted octanol–water partition coefficient (Wildman–Crippen LogP) is 5.43. The number of hydrogen-bond donors (Lipinski definition) is 2. The first-order valence-electron chi connectivity index (χ1n) is 17.3. The number of aromatic hydroxyl groups is 1. The van der Waals surface area contributed by atoms with Crippen LogP contribution in [0.3, 0.4) is 0 Å². The first kappa shape index (κ1) is 63.2. The van der Waals surface area contributed by atoms with Crippen molar-refractivity contribution in [2.24, 2.45) is 0 Å². The van der Waals surface area contributed by atoms with E-state index in [1.807, 2.05) is 0 Å². The summed E-state index contributed by atoms with van der Waals surface area (Å²) in [6.45, 7) is 1.87. The zero-order valence-corrected chi connectivity index (χ0v) is 39.7. The standard InChI is InChI=1S/C14H10ClN3O3S.2C12H6ClN3O3S.4CH4.Na.2H2O/c1-2-21-13(20)9-7-18(14-16-5-6-22-14)12-8(11(9)19)3-4-10(15)17-12;13-8-2-1-6-9(18)7(5-17)11(19)16(10(6)15-8)12-14-3-4-20-12;13-8-2-1-6-9(17)7(11(18)19)5-16(10(6)15-8)12-14-3-4-20-12;;;;;;;/h3-7H,2H2,1H3;1-5,18H;1-5H,(H,18,19);4*1H4;;2*1H2/q;;;;;;;+1;;/p-1. The van der Waals surface area contributed by atoms with Crippen molar-refractivity contribution >= 4 is 120 Å². The number of ether oxygens (including phenoxy) is 1. The van der Waals surface area contributed by atoms with Crippen LogP contribution >= 0.6 is 68.8 Å². The van der Waals surface area contributed by atoms with Gasteiger partial charge in [-0.2, -0.15) is 0 Å². The maximum atomic E-state index is 12.5. The largest absolute Gasteiger partial charge is 1.00 e. The van der Waals surface area contributed by atoms with Crippen LogP contribution in [0.5, 0.6) is 5.75 Å². The number of hydrogen-bond acceptors (Lipinski definition) is 18. The van der Waals surface area contributed by atoms with Crippen molar-refractivity contribution in [2.75, 3.05) is 6.61 Å². The molecule has 0 saturated carbocycles. The molecule has 0 aromatic carbocycles. The van der Waals surface area contributed by atoms with E-state index >= 15 is 0 Å². The molecule has 0 aliphatic rings. The molecule has 0 fully saturated rings. The predicted molar refractivity (Wildman–Crippen MR) is 267 cm³/mol. The molecule has 0 radical (unpaired) electrons. The van der Waals surface area contributed by atoms with Gasteiger partial charge in [-0.25, -0.2) is 44.1 Å². The van der Waals surface area contributed by atoms with Gasteiger partial charge in [0.2, 0.25) is 10.9 Å². The van der Waals surface area contributed by atoms with Crippen LogP contribution in [-0.2, 0) is 4.74 Å². The van der Waals surface area contributed by atoms with E-state index in [1.54, 1.807) is 46.1 Å². The van der Waals surface area contributed by atoms with Crippen molar-refractivity contribution in [3.63, 3.8) is 0 Å². The van der Waals surface area contributed by atoms with Gasteiger partial charge in [0, 0.05) is 47.1 Å². The zero-order valence-electron chi connectivity index (χ0n) is 33.0. The van der Waals surface area contributed by atoms with Gasteiger partial charge >= 0.3 is 41.5 Å². The Morgan fingerprint density at radius 2 is 1.09 bits per heavy atom. The van der Waals surface area contributed by atoms with E-state index in [0.29, 0.717) is 27.3 Å². The minimum Gasteiger partial charge on any atom is -0.870 e. The first-order valence-corrected chi connectivity index (χ1v) is 21.0. The van der Waals surface area contributed by atoms with Crippen LogP contribution in [-0.4, -0.2) is 89.6 Å². The monoisotopic (exact) mass is 1070 g/mol. The van der Waals surface area contributed by atoms with Gasteiger partial charge in [-0.15, -0.1) is 34.0 Å². The molecule has 360 valence electrons. The van der Waals surface area contributed by atoms with Gasteiger partial charge in [-0.05, 0) is 43.3 Å². The number of rotatable bonds is 7. The third-order valence-electron chi connectivity index (χ3n) is 8.34. The van der Waals surface area contributed by atoms with Gasteiger partial charge in [0.05, 0.1) is 22.8 Å². The van der Waals surface area contributed by atoms with Gasteiger partial charge in [-0.1, -0.05) is 64.5 Å². The average Bonchev–Trinajstić information content (AvgIpc) is 4.08. The number of aromatic carboxylic acids is 1. The van der Waals surface area contributed by atoms with Crippen molar-refractivity contribution in [1.82, 2.24) is 43.6 Å². The van der Waals surface area contributed by atoms with E-state index in [4.69, 9.17) is 44.6 Å². The summed E-state index contributed by atoms with van der Waals surface area (Å²) < 4.78 is 9.12. The third kappa shape index (κ3) is 13.1. The molecule has 0 aliphatic heterocycles. The maximum Gasteiger partial charge on any atom is 1.00 e. The number of carboxylic acids is 1. The van der Waals surface area contributed by atoms with E-state index in [1.165, 1.54) is 87.5 Å². The number of aromatic nitrogens is 9. The molecule has 69 heavy (non-hydrogen) atoms. The van der Waals surface area contributed by atoms with Gasteiger partial charge in [-0.3, -0.25) is 28.3 Å². The van der Waals surface area contributed by atoms with Gasteiger partial charge in [0.25, 0.3) is 5.56 Å². The minimum absolute atomic E-state index is 0. The van der Waals surface area contributed by atoms with Gasteiger partial charge < -0.3 is 25.9 Å². The fourth-order valence-electron chi connectivity index (χ4n) is 5.68. The minimum atomic E-state index is -1.29. The molecule has 27 heteroatoms. The molecule has 9 heterocycles. The average molecular weight is 1070 g/mol. The molecule has 9 rings (SSSR count). The summed E-state index contributed by atoms with van der Waals surface area (Å²) in [5, 5.41) is 27.1. The maximum absolute atomic E-state index is 12.5. The second-order valence-electron chi connectivity index (χ2n) is 12.0. The molecule has 20 nitrogen and oxygen atoms in total. The van der Waals surface area contributed by atoms with Crippen LogP contribution in [0.15, 0.2) is 97.9 Å². The zero-order chi connectivity index (χ0) is 44.2. The molecule has 0 bridgehead atoms. The summed E-state index contributed by atoms with van der Waals surface area (Å²) in [6.07, 6.45) is 7.65. The van der Waals surface area contributed by atoms with E-state index in [2.05, 4.69) is 29.9 Å². The fourth-order valence-corrected chi connectivity index (χ4v) is 7.99. The van der Waals surface area contributed by atoms with Gasteiger partial charge in [0.15, 0.2) is 38.6 Å². The Balaban J connectivity index is 0.000000958. The molecule has 0 spiro atoms. The van der Waals surface area contributed by atoms with E-state index in [0.717, 1.165) is 4.57 Å². The summed E-state index contributed by atoms with van der Waals surface area (Å²) in [7, 11) is 0. The Morgan fingerprint density at radius 3 is 1.49 bits per heavy atom. The number of fused-ring (bicyclic) bond motifs is 3. The number of aldehydes is 1. The van der Waals surface area contributed by atoms with Crippen molar-refractivity contribution < 1.29 is 69.8 Å². The molecule has 0 unspecified atom stereocenters. The van der Waals surface area contributed by atoms with Crippen molar-refractivity contribution in [3.8, 4) is 21.1 Å². The van der Waals surface area contributed by atoms with Crippen molar-refractivity contribution in [1.29, 1.82) is 0 Å². The van der Waals surface area contributed by atoms with E-state index < -0.39 is 34.1 Å². The first-order chi connectivity index (χ1) is 29.8. The molecular formula is C42H41Cl3N9NaO11S3. The van der Waals surface area contributed by atoms with Gasteiger partial charge in [0.1, 0.15) is 37.9 Å². The van der Waals surface area contributed by atoms with Crippen LogP contribution in [0.1, 0.15) is 67.7 Å². The van der Waals surface area contributed by atoms with Crippen LogP contribution in [0.2, 0.25) is 15.5 Å². The number of carbonyl (C=O) groups is 3. The normalized spacial score (nSPS) is 9.74. The number of esters is 1. The number of carbonyl (C=O) groups excluding carboxylic acids is 2. The molecule has 5 N–H and O–H groups in total. The molecule has 9 aromatic rings. The summed E-state index contributed by atoms with van der Waals surface area (Å²) in [5.41, 5.74) is -1.67. The summed E-state index contributed by atoms with van der Waals surface area (Å²) in [5.74, 6) is -2.37. The number of halogens is 3. The SMILES string of the molecule is C.C.C.C.CCOC(=O)c1cn(-c2nccs2)c2nc(Cl)ccc2c1=O.O.O=C(O)c1cn(-c2nccs2)c2nc(Cl)ccc2c1=O.O=Cc1c(O)c2ccc(Cl)nc2n(-c2nccs2)c1=O.[Na+].[OH-]. The molecule has 0 saturated heterocycles. The summed E-state index contributed by atoms with van der Waals surface area (Å²) in [4.78, 5) is 95.7. The number of carboxylic acid groups (broad SMARTS) is 1. The summed E-state index contributed by atoms with van der Waals surface area (Å²) in [6, 6.07) is 8.92. The molecule has 0 aliphatic carbocycles. The quantitative estimate of drug-likeness (QED) is 0.0870. The Bertz CT molecular complexity index is 3380. The number of nitrogens with zero attached hydrogens (tertiary/aromatic N) is 9. The van der Waals surface area contributed by atoms with E-state index in [-0.39, 0.29) is 136 Å². The summed E-state index contributed by atoms with van der Waals surface area (Å²) >= 11 is 21.5. The second kappa shape index (κ2) is 27.4. The second-order valence-corrected chi connectivity index (χ2v) is 15.8. The number of thiazole rings is 3. The molecule has 0 atom stereocenters. The van der Waals surface area contributed by atoms with Crippen LogP contribution in [0.25, 0.3) is 48.5 Å². The van der Waals surface area contributed by atoms with Crippen molar-refractivity contribution in [2.45, 2.75) is 36.6 Å². The van der Waals surface area contributed by atoms with Crippen molar-refractivity contribution in [3.05, 3.63) is 146 Å². The Hall–Kier alpha value is -5.83. The Morgan fingerprint density at radius 1 is 0.681 bits per heavy atom. The van der Waals surface area contributed by atoms with Crippen LogP contribution in [0, 0.1) is 0 Å². The molecule has 0 amide bonds. The molecule has 9 aromatic heterocycles.